The Morgan fingerprint density at radius 3 is 2.50 bits per heavy atom. The number of benzene rings is 1. The molecule has 0 aliphatic carbocycles. The predicted molar refractivity (Wildman–Crippen MR) is 81.3 cm³/mol. The molecule has 1 fully saturated rings. The third kappa shape index (κ3) is 3.38. The van der Waals surface area contributed by atoms with Gasteiger partial charge in [-0.1, -0.05) is 30.3 Å². The highest BCUT2D eigenvalue weighted by Crippen LogP contribution is 2.19. The van der Waals surface area contributed by atoms with Crippen LogP contribution in [-0.2, 0) is 10.3 Å². The van der Waals surface area contributed by atoms with Crippen LogP contribution in [0.5, 0.6) is 0 Å². The molecule has 0 saturated carbocycles. The molecule has 0 aromatic heterocycles. The summed E-state index contributed by atoms with van der Waals surface area (Å²) in [5.41, 5.74) is 6.16. The average Bonchev–Trinajstić information content (AvgIpc) is 2.98. The van der Waals surface area contributed by atoms with Crippen LogP contribution in [-0.4, -0.2) is 48.9 Å². The van der Waals surface area contributed by atoms with E-state index in [1.165, 1.54) is 12.8 Å². The van der Waals surface area contributed by atoms with Gasteiger partial charge in [-0.2, -0.15) is 0 Å². The molecule has 1 aliphatic rings. The Morgan fingerprint density at radius 1 is 1.30 bits per heavy atom. The van der Waals surface area contributed by atoms with E-state index in [2.05, 4.69) is 4.90 Å². The minimum absolute atomic E-state index is 0.0251. The van der Waals surface area contributed by atoms with Gasteiger partial charge in [-0.05, 0) is 38.4 Å². The van der Waals surface area contributed by atoms with Crippen molar-refractivity contribution < 1.29 is 4.79 Å². The molecule has 1 atom stereocenters. The van der Waals surface area contributed by atoms with Crippen LogP contribution in [0.3, 0.4) is 0 Å². The lowest BCUT2D eigenvalue weighted by molar-refractivity contribution is -0.135. The number of hydrogen-bond donors (Lipinski definition) is 1. The summed E-state index contributed by atoms with van der Waals surface area (Å²) in [4.78, 5) is 16.7. The SMILES string of the molecule is CN(CCN1CCCC1)C(=O)C(C)(N)c1ccccc1. The molecular formula is C16H25N3O. The number of hydrogen-bond acceptors (Lipinski definition) is 3. The van der Waals surface area contributed by atoms with Crippen molar-refractivity contribution in [1.82, 2.24) is 9.80 Å². The van der Waals surface area contributed by atoms with E-state index >= 15 is 0 Å². The Bertz CT molecular complexity index is 438. The fourth-order valence-corrected chi connectivity index (χ4v) is 2.70. The predicted octanol–water partition coefficient (Wildman–Crippen LogP) is 1.41. The Labute approximate surface area is 121 Å². The van der Waals surface area contributed by atoms with Crippen LogP contribution in [0, 0.1) is 0 Å². The highest BCUT2D eigenvalue weighted by molar-refractivity contribution is 5.86. The molecule has 4 heteroatoms. The van der Waals surface area contributed by atoms with Gasteiger partial charge in [0.15, 0.2) is 0 Å². The lowest BCUT2D eigenvalue weighted by atomic mass is 9.92. The zero-order valence-corrected chi connectivity index (χ0v) is 12.5. The van der Waals surface area contributed by atoms with Gasteiger partial charge in [0.1, 0.15) is 5.54 Å². The number of carbonyl (C=O) groups is 1. The Kier molecular flexibility index (Phi) is 4.78. The molecular weight excluding hydrogens is 250 g/mol. The lowest BCUT2D eigenvalue weighted by Gasteiger charge is -2.30. The van der Waals surface area contributed by atoms with Crippen molar-refractivity contribution in [2.45, 2.75) is 25.3 Å². The maximum absolute atomic E-state index is 12.6. The van der Waals surface area contributed by atoms with Crippen molar-refractivity contribution in [2.24, 2.45) is 5.73 Å². The normalized spacial score (nSPS) is 18.8. The maximum atomic E-state index is 12.6. The van der Waals surface area contributed by atoms with Crippen LogP contribution in [0.4, 0.5) is 0 Å². The molecule has 1 aliphatic heterocycles. The molecule has 0 spiro atoms. The first-order chi connectivity index (χ1) is 9.51. The Balaban J connectivity index is 1.94. The Morgan fingerprint density at radius 2 is 1.90 bits per heavy atom. The zero-order valence-electron chi connectivity index (χ0n) is 12.5. The summed E-state index contributed by atoms with van der Waals surface area (Å²) >= 11 is 0. The van der Waals surface area contributed by atoms with Gasteiger partial charge in [-0.25, -0.2) is 0 Å². The molecule has 0 bridgehead atoms. The van der Waals surface area contributed by atoms with Crippen LogP contribution in [0.25, 0.3) is 0 Å². The van der Waals surface area contributed by atoms with E-state index in [9.17, 15) is 4.79 Å². The smallest absolute Gasteiger partial charge is 0.246 e. The molecule has 1 unspecified atom stereocenters. The third-order valence-electron chi connectivity index (χ3n) is 4.11. The van der Waals surface area contributed by atoms with E-state index in [4.69, 9.17) is 5.73 Å². The number of carbonyl (C=O) groups excluding carboxylic acids is 1. The molecule has 4 nitrogen and oxygen atoms in total. The van der Waals surface area contributed by atoms with E-state index in [-0.39, 0.29) is 5.91 Å². The van der Waals surface area contributed by atoms with Crippen LogP contribution >= 0.6 is 0 Å². The molecule has 1 amide bonds. The van der Waals surface area contributed by atoms with E-state index in [1.807, 2.05) is 37.4 Å². The van der Waals surface area contributed by atoms with Gasteiger partial charge in [0.2, 0.25) is 5.91 Å². The highest BCUT2D eigenvalue weighted by Gasteiger charge is 2.32. The number of nitrogens with two attached hydrogens (primary N) is 1. The summed E-state index contributed by atoms with van der Waals surface area (Å²) in [6.45, 7) is 5.77. The topological polar surface area (TPSA) is 49.6 Å². The van der Waals surface area contributed by atoms with Crippen LogP contribution in [0.2, 0.25) is 0 Å². The molecule has 2 N–H and O–H groups in total. The highest BCUT2D eigenvalue weighted by atomic mass is 16.2. The van der Waals surface area contributed by atoms with Crippen molar-refractivity contribution in [3.05, 3.63) is 35.9 Å². The van der Waals surface area contributed by atoms with Gasteiger partial charge < -0.3 is 15.5 Å². The quantitative estimate of drug-likeness (QED) is 0.884. The third-order valence-corrected chi connectivity index (χ3v) is 4.11. The number of likely N-dealkylation sites (N-methyl/N-ethyl adjacent to an activating group) is 1. The molecule has 110 valence electrons. The fourth-order valence-electron chi connectivity index (χ4n) is 2.70. The van der Waals surface area contributed by atoms with Gasteiger partial charge in [0, 0.05) is 20.1 Å². The first kappa shape index (κ1) is 15.0. The first-order valence-electron chi connectivity index (χ1n) is 7.34. The minimum atomic E-state index is -0.957. The van der Waals surface area contributed by atoms with E-state index in [0.717, 1.165) is 31.7 Å². The standard InChI is InChI=1S/C16H25N3O/c1-16(17,14-8-4-3-5-9-14)15(20)18(2)12-13-19-10-6-7-11-19/h3-5,8-9H,6-7,10-13,17H2,1-2H3. The van der Waals surface area contributed by atoms with Gasteiger partial charge in [0.05, 0.1) is 0 Å². The first-order valence-corrected chi connectivity index (χ1v) is 7.34. The number of amides is 1. The van der Waals surface area contributed by atoms with Crippen molar-refractivity contribution in [3.8, 4) is 0 Å². The average molecular weight is 275 g/mol. The van der Waals surface area contributed by atoms with Gasteiger partial charge in [-0.3, -0.25) is 4.79 Å². The van der Waals surface area contributed by atoms with Crippen LogP contribution in [0.15, 0.2) is 30.3 Å². The summed E-state index contributed by atoms with van der Waals surface area (Å²) in [5.74, 6) is -0.0251. The van der Waals surface area contributed by atoms with Crippen molar-refractivity contribution in [1.29, 1.82) is 0 Å². The minimum Gasteiger partial charge on any atom is -0.343 e. The summed E-state index contributed by atoms with van der Waals surface area (Å²) in [6, 6.07) is 9.58. The summed E-state index contributed by atoms with van der Waals surface area (Å²) < 4.78 is 0. The number of likely N-dealkylation sites (tertiary alicyclic amines) is 1. The van der Waals surface area contributed by atoms with Gasteiger partial charge in [-0.15, -0.1) is 0 Å². The molecule has 1 saturated heterocycles. The van der Waals surface area contributed by atoms with Gasteiger partial charge in [0.25, 0.3) is 0 Å². The lowest BCUT2D eigenvalue weighted by Crippen LogP contribution is -2.51. The second-order valence-corrected chi connectivity index (χ2v) is 5.84. The molecule has 1 heterocycles. The monoisotopic (exact) mass is 275 g/mol. The summed E-state index contributed by atoms with van der Waals surface area (Å²) in [6.07, 6.45) is 2.55. The van der Waals surface area contributed by atoms with Crippen molar-refractivity contribution >= 4 is 5.91 Å². The number of rotatable bonds is 5. The molecule has 1 aromatic carbocycles. The van der Waals surface area contributed by atoms with Crippen LogP contribution in [0.1, 0.15) is 25.3 Å². The van der Waals surface area contributed by atoms with E-state index in [1.54, 1.807) is 11.8 Å². The molecule has 20 heavy (non-hydrogen) atoms. The Hall–Kier alpha value is -1.39. The van der Waals surface area contributed by atoms with Crippen molar-refractivity contribution in [2.75, 3.05) is 33.2 Å². The zero-order chi connectivity index (χ0) is 14.6. The molecule has 0 radical (unpaired) electrons. The second-order valence-electron chi connectivity index (χ2n) is 5.84. The van der Waals surface area contributed by atoms with Crippen LogP contribution < -0.4 is 5.73 Å². The van der Waals surface area contributed by atoms with Crippen molar-refractivity contribution in [3.63, 3.8) is 0 Å². The summed E-state index contributed by atoms with van der Waals surface area (Å²) in [5, 5.41) is 0. The molecule has 2 rings (SSSR count). The van der Waals surface area contributed by atoms with Gasteiger partial charge >= 0.3 is 0 Å². The maximum Gasteiger partial charge on any atom is 0.246 e. The summed E-state index contributed by atoms with van der Waals surface area (Å²) in [7, 11) is 1.84. The largest absolute Gasteiger partial charge is 0.343 e. The van der Waals surface area contributed by atoms with E-state index in [0.29, 0.717) is 0 Å². The fraction of sp³-hybridized carbons (Fsp3) is 0.562. The molecule has 1 aromatic rings. The second kappa shape index (κ2) is 6.37. The number of nitrogens with zero attached hydrogens (tertiary/aromatic N) is 2. The van der Waals surface area contributed by atoms with E-state index < -0.39 is 5.54 Å².